The van der Waals surface area contributed by atoms with Crippen molar-refractivity contribution in [2.24, 2.45) is 17.1 Å². The molecule has 3 N–H and O–H groups in total. The van der Waals surface area contributed by atoms with E-state index in [9.17, 15) is 4.79 Å². The third kappa shape index (κ3) is 2.59. The monoisotopic (exact) mass is 281 g/mol. The van der Waals surface area contributed by atoms with E-state index in [-0.39, 0.29) is 24.0 Å². The second-order valence-corrected chi connectivity index (χ2v) is 7.00. The zero-order chi connectivity index (χ0) is 14.2. The number of carbonyl (C=O) groups is 1. The first-order chi connectivity index (χ1) is 9.63. The van der Waals surface area contributed by atoms with Crippen LogP contribution in [-0.2, 0) is 4.79 Å². The maximum atomic E-state index is 12.4. The van der Waals surface area contributed by atoms with Crippen molar-refractivity contribution in [3.05, 3.63) is 0 Å². The summed E-state index contributed by atoms with van der Waals surface area (Å²) >= 11 is 0. The van der Waals surface area contributed by atoms with Crippen LogP contribution in [0.2, 0.25) is 0 Å². The van der Waals surface area contributed by atoms with Gasteiger partial charge in [-0.2, -0.15) is 0 Å². The molecule has 1 atom stereocenters. The smallest absolute Gasteiger partial charge is 0.236 e. The highest BCUT2D eigenvalue weighted by molar-refractivity contribution is 5.78. The Morgan fingerprint density at radius 2 is 2.00 bits per heavy atom. The van der Waals surface area contributed by atoms with Gasteiger partial charge in [0.15, 0.2) is 0 Å². The molecule has 0 aromatic rings. The lowest BCUT2D eigenvalue weighted by atomic mass is 9.66. The Balaban J connectivity index is 1.48. The quantitative estimate of drug-likeness (QED) is 0.766. The number of hydrogen-bond donors (Lipinski definition) is 2. The second kappa shape index (κ2) is 5.62. The molecule has 20 heavy (non-hydrogen) atoms. The Kier molecular flexibility index (Phi) is 4.02. The minimum absolute atomic E-state index is 0.181. The fourth-order valence-corrected chi connectivity index (χ4v) is 3.96. The number of carbonyl (C=O) groups excluding carboxylic acids is 1. The largest absolute Gasteiger partial charge is 0.396 e. The first kappa shape index (κ1) is 14.3. The predicted octanol–water partition coefficient (Wildman–Crippen LogP) is 0.0305. The highest BCUT2D eigenvalue weighted by Crippen LogP contribution is 2.47. The van der Waals surface area contributed by atoms with Crippen LogP contribution >= 0.6 is 0 Å². The molecule has 1 saturated carbocycles. The van der Waals surface area contributed by atoms with Gasteiger partial charge < -0.3 is 15.7 Å². The van der Waals surface area contributed by atoms with Crippen LogP contribution in [0.15, 0.2) is 0 Å². The molecule has 3 fully saturated rings. The number of aliphatic hydroxyl groups is 1. The van der Waals surface area contributed by atoms with Crippen molar-refractivity contribution < 1.29 is 9.90 Å². The fraction of sp³-hybridized carbons (Fsp3) is 0.933. The van der Waals surface area contributed by atoms with Crippen molar-refractivity contribution in [3.8, 4) is 0 Å². The summed E-state index contributed by atoms with van der Waals surface area (Å²) in [5.74, 6) is 0.673. The van der Waals surface area contributed by atoms with Crippen molar-refractivity contribution in [2.45, 2.75) is 38.1 Å². The van der Waals surface area contributed by atoms with E-state index in [1.807, 2.05) is 4.90 Å². The number of piperidine rings is 1. The molecule has 5 nitrogen and oxygen atoms in total. The van der Waals surface area contributed by atoms with Gasteiger partial charge in [0, 0.05) is 31.2 Å². The standard InChI is InChI=1S/C15H27N3O2/c16-13-8-18(11-15(13)4-1-5-15)14(20)9-17-6-2-12(10-19)3-7-17/h12-13,19H,1-11,16H2. The summed E-state index contributed by atoms with van der Waals surface area (Å²) in [6.07, 6.45) is 5.67. The van der Waals surface area contributed by atoms with Gasteiger partial charge >= 0.3 is 0 Å². The van der Waals surface area contributed by atoms with Crippen LogP contribution in [0, 0.1) is 11.3 Å². The van der Waals surface area contributed by atoms with Gasteiger partial charge in [-0.3, -0.25) is 9.69 Å². The van der Waals surface area contributed by atoms with Crippen molar-refractivity contribution in [1.29, 1.82) is 0 Å². The molecule has 3 rings (SSSR count). The molecule has 114 valence electrons. The van der Waals surface area contributed by atoms with Crippen molar-refractivity contribution in [2.75, 3.05) is 39.3 Å². The summed E-state index contributed by atoms with van der Waals surface area (Å²) in [7, 11) is 0. The highest BCUT2D eigenvalue weighted by atomic mass is 16.3. The minimum Gasteiger partial charge on any atom is -0.396 e. The van der Waals surface area contributed by atoms with E-state index in [0.29, 0.717) is 12.5 Å². The summed E-state index contributed by atoms with van der Waals surface area (Å²) in [5.41, 5.74) is 6.49. The van der Waals surface area contributed by atoms with E-state index in [1.54, 1.807) is 0 Å². The number of aliphatic hydroxyl groups excluding tert-OH is 1. The molecule has 0 aromatic heterocycles. The molecule has 1 unspecified atom stereocenters. The first-order valence-corrected chi connectivity index (χ1v) is 7.99. The van der Waals surface area contributed by atoms with Crippen molar-refractivity contribution >= 4 is 5.91 Å². The number of nitrogens with two attached hydrogens (primary N) is 1. The van der Waals surface area contributed by atoms with Crippen LogP contribution in [0.3, 0.4) is 0 Å². The molecule has 3 aliphatic rings. The maximum absolute atomic E-state index is 12.4. The van der Waals surface area contributed by atoms with Gasteiger partial charge in [0.25, 0.3) is 0 Å². The summed E-state index contributed by atoms with van der Waals surface area (Å²) in [6, 6.07) is 0.181. The van der Waals surface area contributed by atoms with E-state index in [4.69, 9.17) is 10.8 Å². The summed E-state index contributed by atoms with van der Waals surface area (Å²) in [5, 5.41) is 9.14. The van der Waals surface area contributed by atoms with Gasteiger partial charge in [-0.05, 0) is 44.7 Å². The van der Waals surface area contributed by atoms with Gasteiger partial charge in [-0.15, -0.1) is 0 Å². The van der Waals surface area contributed by atoms with E-state index >= 15 is 0 Å². The van der Waals surface area contributed by atoms with Crippen LogP contribution in [0.1, 0.15) is 32.1 Å². The van der Waals surface area contributed by atoms with Gasteiger partial charge in [-0.1, -0.05) is 6.42 Å². The lowest BCUT2D eigenvalue weighted by Crippen LogP contribution is -2.45. The highest BCUT2D eigenvalue weighted by Gasteiger charge is 2.49. The summed E-state index contributed by atoms with van der Waals surface area (Å²) in [6.45, 7) is 4.29. The Labute approximate surface area is 121 Å². The molecule has 1 spiro atoms. The average Bonchev–Trinajstić information content (AvgIpc) is 2.77. The topological polar surface area (TPSA) is 69.8 Å². The molecule has 2 aliphatic heterocycles. The van der Waals surface area contributed by atoms with Crippen LogP contribution in [0.5, 0.6) is 0 Å². The number of amides is 1. The molecule has 2 heterocycles. The molecule has 1 amide bonds. The van der Waals surface area contributed by atoms with Gasteiger partial charge in [0.1, 0.15) is 0 Å². The molecular formula is C15H27N3O2. The van der Waals surface area contributed by atoms with Crippen LogP contribution < -0.4 is 5.73 Å². The molecule has 0 radical (unpaired) electrons. The number of likely N-dealkylation sites (tertiary alicyclic amines) is 2. The maximum Gasteiger partial charge on any atom is 0.236 e. The minimum atomic E-state index is 0.181. The van der Waals surface area contributed by atoms with E-state index in [2.05, 4.69) is 4.90 Å². The summed E-state index contributed by atoms with van der Waals surface area (Å²) in [4.78, 5) is 16.6. The molecular weight excluding hydrogens is 254 g/mol. The number of hydrogen-bond acceptors (Lipinski definition) is 4. The molecule has 0 bridgehead atoms. The zero-order valence-electron chi connectivity index (χ0n) is 12.3. The van der Waals surface area contributed by atoms with Crippen LogP contribution in [-0.4, -0.2) is 66.2 Å². The van der Waals surface area contributed by atoms with E-state index in [0.717, 1.165) is 39.0 Å². The average molecular weight is 281 g/mol. The van der Waals surface area contributed by atoms with E-state index in [1.165, 1.54) is 19.3 Å². The summed E-state index contributed by atoms with van der Waals surface area (Å²) < 4.78 is 0. The molecule has 5 heteroatoms. The lowest BCUT2D eigenvalue weighted by Gasteiger charge is -2.41. The fourth-order valence-electron chi connectivity index (χ4n) is 3.96. The van der Waals surface area contributed by atoms with Crippen molar-refractivity contribution in [3.63, 3.8) is 0 Å². The van der Waals surface area contributed by atoms with Crippen molar-refractivity contribution in [1.82, 2.24) is 9.80 Å². The third-order valence-corrected chi connectivity index (χ3v) is 5.74. The Hall–Kier alpha value is -0.650. The Bertz CT molecular complexity index is 362. The predicted molar refractivity (Wildman–Crippen MR) is 77.1 cm³/mol. The molecule has 2 saturated heterocycles. The molecule has 0 aromatic carbocycles. The SMILES string of the molecule is NC1CN(C(=O)CN2CCC(CO)CC2)CC12CCC2. The van der Waals surface area contributed by atoms with Gasteiger partial charge in [0.2, 0.25) is 5.91 Å². The van der Waals surface area contributed by atoms with E-state index < -0.39 is 0 Å². The Morgan fingerprint density at radius 3 is 2.50 bits per heavy atom. The molecule has 1 aliphatic carbocycles. The lowest BCUT2D eigenvalue weighted by molar-refractivity contribution is -0.132. The number of nitrogens with zero attached hydrogens (tertiary/aromatic N) is 2. The zero-order valence-corrected chi connectivity index (χ0v) is 12.3. The Morgan fingerprint density at radius 1 is 1.30 bits per heavy atom. The van der Waals surface area contributed by atoms with Gasteiger partial charge in [-0.25, -0.2) is 0 Å². The van der Waals surface area contributed by atoms with Crippen LogP contribution in [0.25, 0.3) is 0 Å². The number of rotatable bonds is 3. The van der Waals surface area contributed by atoms with Gasteiger partial charge in [0.05, 0.1) is 6.54 Å². The third-order valence-electron chi connectivity index (χ3n) is 5.74. The normalized spacial score (nSPS) is 30.7. The first-order valence-electron chi connectivity index (χ1n) is 7.99. The second-order valence-electron chi connectivity index (χ2n) is 7.00. The van der Waals surface area contributed by atoms with Crippen LogP contribution in [0.4, 0.5) is 0 Å².